The third kappa shape index (κ3) is 2.80. The predicted octanol–water partition coefficient (Wildman–Crippen LogP) is -0.512. The lowest BCUT2D eigenvalue weighted by molar-refractivity contribution is 0.133. The normalized spacial score (nSPS) is 23.3. The Labute approximate surface area is 83.2 Å². The van der Waals surface area contributed by atoms with Crippen molar-refractivity contribution in [2.75, 3.05) is 26.3 Å². The van der Waals surface area contributed by atoms with Gasteiger partial charge in [0.2, 0.25) is 0 Å². The maximum Gasteiger partial charge on any atom is 0.0632 e. The van der Waals surface area contributed by atoms with Gasteiger partial charge in [0.05, 0.1) is 13.2 Å². The monoisotopic (exact) mass is 196 g/mol. The zero-order chi connectivity index (χ0) is 9.64. The smallest absolute Gasteiger partial charge is 0.0632 e. The van der Waals surface area contributed by atoms with Gasteiger partial charge in [-0.1, -0.05) is 0 Å². The van der Waals surface area contributed by atoms with Gasteiger partial charge >= 0.3 is 0 Å². The first-order chi connectivity index (χ1) is 6.95. The molecule has 1 aliphatic rings. The van der Waals surface area contributed by atoms with E-state index in [4.69, 9.17) is 4.74 Å². The van der Waals surface area contributed by atoms with Crippen LogP contribution in [0.25, 0.3) is 0 Å². The summed E-state index contributed by atoms with van der Waals surface area (Å²) in [6.45, 7) is 4.31. The van der Waals surface area contributed by atoms with Crippen LogP contribution in [0.1, 0.15) is 5.69 Å². The van der Waals surface area contributed by atoms with Crippen LogP contribution in [0, 0.1) is 0 Å². The Hall–Kier alpha value is -0.910. The molecule has 0 aliphatic carbocycles. The summed E-state index contributed by atoms with van der Waals surface area (Å²) < 4.78 is 5.43. The van der Waals surface area contributed by atoms with Crippen LogP contribution in [0.2, 0.25) is 0 Å². The fourth-order valence-corrected chi connectivity index (χ4v) is 1.47. The molecule has 1 fully saturated rings. The molecule has 1 atom stereocenters. The topological polar surface area (TPSA) is 62.0 Å². The fourth-order valence-electron chi connectivity index (χ4n) is 1.47. The standard InChI is InChI=1S/C9H16N4O/c1-2-12-13-8(1)6-11-9-5-10-3-4-14-7-9/h1-2,9-11H,3-7H2,(H,12,13). The molecular formula is C9H16N4O. The van der Waals surface area contributed by atoms with E-state index in [-0.39, 0.29) is 0 Å². The molecular weight excluding hydrogens is 180 g/mol. The van der Waals surface area contributed by atoms with Gasteiger partial charge in [-0.05, 0) is 6.07 Å². The van der Waals surface area contributed by atoms with Gasteiger partial charge in [0.1, 0.15) is 0 Å². The van der Waals surface area contributed by atoms with E-state index in [0.717, 1.165) is 38.5 Å². The van der Waals surface area contributed by atoms with Crippen LogP contribution < -0.4 is 10.6 Å². The van der Waals surface area contributed by atoms with Gasteiger partial charge in [-0.25, -0.2) is 0 Å². The van der Waals surface area contributed by atoms with Gasteiger partial charge in [0, 0.05) is 37.6 Å². The van der Waals surface area contributed by atoms with Crippen molar-refractivity contribution in [1.82, 2.24) is 20.8 Å². The summed E-state index contributed by atoms with van der Waals surface area (Å²) in [6.07, 6.45) is 1.76. The number of aromatic amines is 1. The second-order valence-electron chi connectivity index (χ2n) is 3.44. The number of aromatic nitrogens is 2. The average molecular weight is 196 g/mol. The number of nitrogens with zero attached hydrogens (tertiary/aromatic N) is 1. The molecule has 0 saturated carbocycles. The molecule has 0 radical (unpaired) electrons. The van der Waals surface area contributed by atoms with Gasteiger partial charge < -0.3 is 15.4 Å². The van der Waals surface area contributed by atoms with Crippen LogP contribution in [0.15, 0.2) is 12.3 Å². The first kappa shape index (κ1) is 9.64. The van der Waals surface area contributed by atoms with E-state index in [1.54, 1.807) is 6.20 Å². The van der Waals surface area contributed by atoms with Gasteiger partial charge in [-0.15, -0.1) is 0 Å². The van der Waals surface area contributed by atoms with Crippen LogP contribution in [0.4, 0.5) is 0 Å². The molecule has 1 aromatic rings. The van der Waals surface area contributed by atoms with Crippen LogP contribution in [0.5, 0.6) is 0 Å². The summed E-state index contributed by atoms with van der Waals surface area (Å²) in [5, 5.41) is 13.5. The lowest BCUT2D eigenvalue weighted by atomic mass is 10.3. The Morgan fingerprint density at radius 3 is 3.50 bits per heavy atom. The molecule has 1 aliphatic heterocycles. The number of hydrogen-bond acceptors (Lipinski definition) is 4. The number of hydrogen-bond donors (Lipinski definition) is 3. The average Bonchev–Trinajstić information content (AvgIpc) is 2.58. The molecule has 2 rings (SSSR count). The van der Waals surface area contributed by atoms with Gasteiger partial charge in [-0.2, -0.15) is 5.10 Å². The second kappa shape index (κ2) is 5.09. The van der Waals surface area contributed by atoms with E-state index in [1.807, 2.05) is 6.07 Å². The van der Waals surface area contributed by atoms with E-state index >= 15 is 0 Å². The van der Waals surface area contributed by atoms with Crippen molar-refractivity contribution in [2.24, 2.45) is 0 Å². The molecule has 5 nitrogen and oxygen atoms in total. The zero-order valence-corrected chi connectivity index (χ0v) is 8.12. The highest BCUT2D eigenvalue weighted by molar-refractivity contribution is 4.97. The number of rotatable bonds is 3. The molecule has 0 spiro atoms. The Bertz CT molecular complexity index is 241. The van der Waals surface area contributed by atoms with Crippen LogP contribution in [-0.4, -0.2) is 42.5 Å². The summed E-state index contributed by atoms with van der Waals surface area (Å²) in [7, 11) is 0. The Morgan fingerprint density at radius 1 is 1.64 bits per heavy atom. The molecule has 78 valence electrons. The van der Waals surface area contributed by atoms with Gasteiger partial charge in [-0.3, -0.25) is 5.10 Å². The first-order valence-electron chi connectivity index (χ1n) is 4.95. The molecule has 0 amide bonds. The molecule has 1 unspecified atom stereocenters. The molecule has 0 aromatic carbocycles. The van der Waals surface area contributed by atoms with E-state index in [1.165, 1.54) is 0 Å². The summed E-state index contributed by atoms with van der Waals surface area (Å²) in [5.74, 6) is 0. The number of ether oxygens (including phenoxy) is 1. The summed E-state index contributed by atoms with van der Waals surface area (Å²) in [5.41, 5.74) is 1.11. The van der Waals surface area contributed by atoms with Gasteiger partial charge in [0.25, 0.3) is 0 Å². The molecule has 5 heteroatoms. The third-order valence-electron chi connectivity index (χ3n) is 2.27. The van der Waals surface area contributed by atoms with Crippen molar-refractivity contribution in [2.45, 2.75) is 12.6 Å². The predicted molar refractivity (Wildman–Crippen MR) is 52.9 cm³/mol. The minimum atomic E-state index is 0.390. The molecule has 2 heterocycles. The van der Waals surface area contributed by atoms with Crippen LogP contribution in [-0.2, 0) is 11.3 Å². The molecule has 14 heavy (non-hydrogen) atoms. The van der Waals surface area contributed by atoms with Crippen molar-refractivity contribution in [3.63, 3.8) is 0 Å². The highest BCUT2D eigenvalue weighted by Gasteiger charge is 2.11. The SMILES string of the molecule is c1cc(CNC2CNCCOC2)[nH]n1. The fraction of sp³-hybridized carbons (Fsp3) is 0.667. The first-order valence-corrected chi connectivity index (χ1v) is 4.95. The van der Waals surface area contributed by atoms with Crippen molar-refractivity contribution in [3.8, 4) is 0 Å². The van der Waals surface area contributed by atoms with Crippen molar-refractivity contribution >= 4 is 0 Å². The zero-order valence-electron chi connectivity index (χ0n) is 8.12. The van der Waals surface area contributed by atoms with E-state index in [0.29, 0.717) is 6.04 Å². The lowest BCUT2D eigenvalue weighted by Crippen LogP contribution is -2.39. The Kier molecular flexibility index (Phi) is 3.50. The minimum absolute atomic E-state index is 0.390. The van der Waals surface area contributed by atoms with Crippen molar-refractivity contribution < 1.29 is 4.74 Å². The highest BCUT2D eigenvalue weighted by atomic mass is 16.5. The van der Waals surface area contributed by atoms with E-state index < -0.39 is 0 Å². The van der Waals surface area contributed by atoms with Crippen LogP contribution in [0.3, 0.4) is 0 Å². The van der Waals surface area contributed by atoms with Gasteiger partial charge in [0.15, 0.2) is 0 Å². The van der Waals surface area contributed by atoms with E-state index in [9.17, 15) is 0 Å². The Morgan fingerprint density at radius 2 is 2.64 bits per heavy atom. The Balaban J connectivity index is 1.73. The maximum absolute atomic E-state index is 5.43. The third-order valence-corrected chi connectivity index (χ3v) is 2.27. The van der Waals surface area contributed by atoms with Crippen molar-refractivity contribution in [3.05, 3.63) is 18.0 Å². The number of nitrogens with one attached hydrogen (secondary N) is 3. The summed E-state index contributed by atoms with van der Waals surface area (Å²) in [6, 6.07) is 2.36. The molecule has 1 saturated heterocycles. The molecule has 1 aromatic heterocycles. The molecule has 0 bridgehead atoms. The number of H-pyrrole nitrogens is 1. The summed E-state index contributed by atoms with van der Waals surface area (Å²) >= 11 is 0. The minimum Gasteiger partial charge on any atom is -0.378 e. The molecule has 3 N–H and O–H groups in total. The lowest BCUT2D eigenvalue weighted by Gasteiger charge is -2.14. The maximum atomic E-state index is 5.43. The van der Waals surface area contributed by atoms with Crippen molar-refractivity contribution in [1.29, 1.82) is 0 Å². The second-order valence-corrected chi connectivity index (χ2v) is 3.44. The largest absolute Gasteiger partial charge is 0.378 e. The summed E-state index contributed by atoms with van der Waals surface area (Å²) in [4.78, 5) is 0. The quantitative estimate of drug-likeness (QED) is 0.609. The van der Waals surface area contributed by atoms with E-state index in [2.05, 4.69) is 20.8 Å². The highest BCUT2D eigenvalue weighted by Crippen LogP contribution is 1.94. The van der Waals surface area contributed by atoms with Crippen LogP contribution >= 0.6 is 0 Å².